The number of aryl methyl sites for hydroxylation is 2. The summed E-state index contributed by atoms with van der Waals surface area (Å²) in [6.45, 7) is 12.1. The molecule has 2 aromatic carbocycles. The zero-order chi connectivity index (χ0) is 19.4. The maximum atomic E-state index is 4.33. The highest BCUT2D eigenvalue weighted by Crippen LogP contribution is 2.15. The van der Waals surface area contributed by atoms with E-state index < -0.39 is 0 Å². The number of hydrogen-bond acceptors (Lipinski definition) is 2. The third-order valence-corrected chi connectivity index (χ3v) is 3.33. The van der Waals surface area contributed by atoms with E-state index in [1.54, 1.807) is 0 Å². The second kappa shape index (κ2) is 11.6. The lowest BCUT2D eigenvalue weighted by molar-refractivity contribution is 1.14. The molecule has 0 spiro atoms. The molecule has 0 aliphatic rings. The standard InChI is InChI=1S/C20H16N2.2C2H6/c1-15-3-5-17(6-4-15)7-8-18-9-11-19(12-10-18)20-21-13-16(2)14-22-20;2*1-2/h3-6,9-14H,1-2H3;2*1-2H3. The average molecular weight is 345 g/mol. The summed E-state index contributed by atoms with van der Waals surface area (Å²) in [5.74, 6) is 7.09. The molecule has 0 saturated carbocycles. The van der Waals surface area contributed by atoms with Crippen molar-refractivity contribution in [1.82, 2.24) is 9.97 Å². The van der Waals surface area contributed by atoms with Crippen molar-refractivity contribution in [3.63, 3.8) is 0 Å². The molecule has 2 nitrogen and oxygen atoms in total. The van der Waals surface area contributed by atoms with E-state index in [2.05, 4.69) is 40.9 Å². The lowest BCUT2D eigenvalue weighted by atomic mass is 10.1. The van der Waals surface area contributed by atoms with Crippen molar-refractivity contribution >= 4 is 0 Å². The predicted molar refractivity (Wildman–Crippen MR) is 112 cm³/mol. The van der Waals surface area contributed by atoms with E-state index in [9.17, 15) is 0 Å². The first-order valence-corrected chi connectivity index (χ1v) is 9.18. The zero-order valence-electron chi connectivity index (χ0n) is 16.7. The summed E-state index contributed by atoms with van der Waals surface area (Å²) in [5, 5.41) is 0. The van der Waals surface area contributed by atoms with Crippen molar-refractivity contribution in [2.75, 3.05) is 0 Å². The molecule has 2 heteroatoms. The van der Waals surface area contributed by atoms with Crippen LogP contribution in [0.25, 0.3) is 11.4 Å². The molecule has 3 rings (SSSR count). The summed E-state index contributed by atoms with van der Waals surface area (Å²) in [6.07, 6.45) is 3.65. The summed E-state index contributed by atoms with van der Waals surface area (Å²) >= 11 is 0. The van der Waals surface area contributed by atoms with Crippen LogP contribution in [-0.4, -0.2) is 9.97 Å². The van der Waals surface area contributed by atoms with Crippen LogP contribution in [0.15, 0.2) is 60.9 Å². The molecule has 0 bridgehead atoms. The molecule has 26 heavy (non-hydrogen) atoms. The first-order valence-electron chi connectivity index (χ1n) is 9.18. The van der Waals surface area contributed by atoms with E-state index in [4.69, 9.17) is 0 Å². The molecule has 1 heterocycles. The van der Waals surface area contributed by atoms with Crippen LogP contribution in [-0.2, 0) is 0 Å². The number of rotatable bonds is 1. The molecule has 0 aliphatic heterocycles. The molecule has 0 fully saturated rings. The monoisotopic (exact) mass is 344 g/mol. The fraction of sp³-hybridized carbons (Fsp3) is 0.250. The fourth-order valence-electron chi connectivity index (χ4n) is 2.03. The molecule has 0 radical (unpaired) electrons. The van der Waals surface area contributed by atoms with E-state index in [1.807, 2.05) is 83.4 Å². The maximum absolute atomic E-state index is 4.33. The lowest BCUT2D eigenvalue weighted by Gasteiger charge is -2.00. The molecule has 0 aliphatic carbocycles. The first kappa shape index (κ1) is 21.1. The van der Waals surface area contributed by atoms with Gasteiger partial charge in [-0.1, -0.05) is 57.2 Å². The second-order valence-corrected chi connectivity index (χ2v) is 5.28. The smallest absolute Gasteiger partial charge is 0.159 e. The molecule has 0 unspecified atom stereocenters. The predicted octanol–water partition coefficient (Wildman–Crippen LogP) is 6.21. The van der Waals surface area contributed by atoms with Crippen molar-refractivity contribution in [2.45, 2.75) is 41.5 Å². The largest absolute Gasteiger partial charge is 0.236 e. The summed E-state index contributed by atoms with van der Waals surface area (Å²) in [4.78, 5) is 8.67. The minimum absolute atomic E-state index is 0.739. The minimum Gasteiger partial charge on any atom is -0.236 e. The fourth-order valence-corrected chi connectivity index (χ4v) is 2.03. The Bertz CT molecular complexity index is 819. The van der Waals surface area contributed by atoms with Crippen LogP contribution in [0.5, 0.6) is 0 Å². The summed E-state index contributed by atoms with van der Waals surface area (Å²) in [6, 6.07) is 16.2. The quantitative estimate of drug-likeness (QED) is 0.490. The zero-order valence-corrected chi connectivity index (χ0v) is 16.7. The van der Waals surface area contributed by atoms with Crippen LogP contribution < -0.4 is 0 Å². The Labute approximate surface area is 158 Å². The molecule has 0 N–H and O–H groups in total. The molecule has 1 aromatic heterocycles. The normalized spacial score (nSPS) is 8.85. The van der Waals surface area contributed by atoms with E-state index in [-0.39, 0.29) is 0 Å². The lowest BCUT2D eigenvalue weighted by Crippen LogP contribution is -1.89. The van der Waals surface area contributed by atoms with Crippen LogP contribution in [0.4, 0.5) is 0 Å². The Morgan fingerprint density at radius 3 is 1.46 bits per heavy atom. The van der Waals surface area contributed by atoms with E-state index >= 15 is 0 Å². The van der Waals surface area contributed by atoms with Gasteiger partial charge >= 0.3 is 0 Å². The summed E-state index contributed by atoms with van der Waals surface area (Å²) in [5.41, 5.74) is 5.31. The molecule has 0 atom stereocenters. The van der Waals surface area contributed by atoms with Gasteiger partial charge in [0, 0.05) is 29.1 Å². The van der Waals surface area contributed by atoms with Crippen molar-refractivity contribution in [1.29, 1.82) is 0 Å². The molecular weight excluding hydrogens is 316 g/mol. The van der Waals surface area contributed by atoms with Gasteiger partial charge in [-0.3, -0.25) is 0 Å². The minimum atomic E-state index is 0.739. The van der Waals surface area contributed by atoms with Gasteiger partial charge in [-0.25, -0.2) is 9.97 Å². The SMILES string of the molecule is CC.CC.Cc1ccc(C#Cc2ccc(-c3ncc(C)cn3)cc2)cc1. The summed E-state index contributed by atoms with van der Waals surface area (Å²) in [7, 11) is 0. The molecule has 3 aromatic rings. The number of benzene rings is 2. The first-order chi connectivity index (χ1) is 12.7. The Morgan fingerprint density at radius 2 is 1.00 bits per heavy atom. The van der Waals surface area contributed by atoms with Crippen LogP contribution in [0.2, 0.25) is 0 Å². The average Bonchev–Trinajstić information content (AvgIpc) is 2.72. The van der Waals surface area contributed by atoms with Gasteiger partial charge in [-0.2, -0.15) is 0 Å². The van der Waals surface area contributed by atoms with Gasteiger partial charge in [-0.15, -0.1) is 0 Å². The van der Waals surface area contributed by atoms with Crippen molar-refractivity contribution in [2.24, 2.45) is 0 Å². The van der Waals surface area contributed by atoms with Crippen LogP contribution >= 0.6 is 0 Å². The molecule has 0 amide bonds. The number of hydrogen-bond donors (Lipinski definition) is 0. The van der Waals surface area contributed by atoms with Gasteiger partial charge in [0.15, 0.2) is 5.82 Å². The van der Waals surface area contributed by atoms with Gasteiger partial charge in [0.05, 0.1) is 0 Å². The maximum Gasteiger partial charge on any atom is 0.159 e. The highest BCUT2D eigenvalue weighted by molar-refractivity contribution is 5.57. The second-order valence-electron chi connectivity index (χ2n) is 5.28. The van der Waals surface area contributed by atoms with E-state index in [0.717, 1.165) is 28.1 Å². The van der Waals surface area contributed by atoms with Gasteiger partial charge in [0.25, 0.3) is 0 Å². The van der Waals surface area contributed by atoms with Crippen molar-refractivity contribution in [3.05, 3.63) is 83.2 Å². The molecule has 134 valence electrons. The Kier molecular flexibility index (Phi) is 9.43. The van der Waals surface area contributed by atoms with Gasteiger partial charge in [0.2, 0.25) is 0 Å². The molecular formula is C24H28N2. The van der Waals surface area contributed by atoms with Crippen LogP contribution in [0, 0.1) is 25.7 Å². The topological polar surface area (TPSA) is 25.8 Å². The Hall–Kier alpha value is -2.92. The van der Waals surface area contributed by atoms with Crippen LogP contribution in [0.1, 0.15) is 49.9 Å². The number of nitrogens with zero attached hydrogens (tertiary/aromatic N) is 2. The molecule has 0 saturated heterocycles. The van der Waals surface area contributed by atoms with Crippen molar-refractivity contribution in [3.8, 4) is 23.2 Å². The van der Waals surface area contributed by atoms with Gasteiger partial charge in [-0.05, 0) is 55.8 Å². The highest BCUT2D eigenvalue weighted by atomic mass is 14.9. The third-order valence-electron chi connectivity index (χ3n) is 3.33. The van der Waals surface area contributed by atoms with Gasteiger partial charge < -0.3 is 0 Å². The Balaban J connectivity index is 0.000000791. The van der Waals surface area contributed by atoms with E-state index in [0.29, 0.717) is 0 Å². The highest BCUT2D eigenvalue weighted by Gasteiger charge is 1.99. The summed E-state index contributed by atoms with van der Waals surface area (Å²) < 4.78 is 0. The number of aromatic nitrogens is 2. The Morgan fingerprint density at radius 1 is 0.577 bits per heavy atom. The van der Waals surface area contributed by atoms with E-state index in [1.165, 1.54) is 5.56 Å². The van der Waals surface area contributed by atoms with Gasteiger partial charge in [0.1, 0.15) is 0 Å². The third kappa shape index (κ3) is 6.53. The van der Waals surface area contributed by atoms with Crippen LogP contribution in [0.3, 0.4) is 0 Å². The van der Waals surface area contributed by atoms with Crippen molar-refractivity contribution < 1.29 is 0 Å².